The van der Waals surface area contributed by atoms with Gasteiger partial charge >= 0.3 is 0 Å². The van der Waals surface area contributed by atoms with Crippen molar-refractivity contribution in [1.82, 2.24) is 4.98 Å². The van der Waals surface area contributed by atoms with Gasteiger partial charge in [0.15, 0.2) is 11.0 Å². The number of thiazole rings is 1. The summed E-state index contributed by atoms with van der Waals surface area (Å²) in [5.41, 5.74) is 3.19. The van der Waals surface area contributed by atoms with Crippen LogP contribution in [0, 0.1) is 5.92 Å². The van der Waals surface area contributed by atoms with Crippen molar-refractivity contribution in [2.75, 3.05) is 5.32 Å². The zero-order valence-electron chi connectivity index (χ0n) is 14.5. The quantitative estimate of drug-likeness (QED) is 0.749. The van der Waals surface area contributed by atoms with Gasteiger partial charge in [-0.05, 0) is 18.1 Å². The van der Waals surface area contributed by atoms with Crippen LogP contribution in [-0.4, -0.2) is 16.5 Å². The fraction of sp³-hybridized carbons (Fsp3) is 0.316. The number of fused-ring (bicyclic) bond motifs is 1. The van der Waals surface area contributed by atoms with Crippen molar-refractivity contribution >= 4 is 28.0 Å². The molecule has 126 valence electrons. The second kappa shape index (κ2) is 9.13. The molecule has 3 rings (SSSR count). The molecule has 4 nitrogen and oxygen atoms in total. The standard InChI is InChI=1S/C15H14N4S.C4H10/c1-3-10(4-2)12-9-18-13-11(12)5-6-16-14(13)19-15-17-7-8-20-15;1-3-4-2/h3-9,11H,1H2,2H3,(H,16,17,19);3-4H2,1-2H3/b10-4+;. The maximum absolute atomic E-state index is 4.52. The van der Waals surface area contributed by atoms with Crippen molar-refractivity contribution in [2.24, 2.45) is 15.9 Å². The maximum Gasteiger partial charge on any atom is 0.188 e. The van der Waals surface area contributed by atoms with Crippen LogP contribution in [-0.2, 0) is 0 Å². The van der Waals surface area contributed by atoms with Crippen LogP contribution in [0.1, 0.15) is 33.6 Å². The number of rotatable bonds is 4. The highest BCUT2D eigenvalue weighted by molar-refractivity contribution is 7.13. The zero-order chi connectivity index (χ0) is 17.4. The average Bonchev–Trinajstić information content (AvgIpc) is 3.27. The lowest BCUT2D eigenvalue weighted by atomic mass is 9.89. The first kappa shape index (κ1) is 18.1. The molecule has 0 bridgehead atoms. The van der Waals surface area contributed by atoms with Gasteiger partial charge < -0.3 is 5.32 Å². The summed E-state index contributed by atoms with van der Waals surface area (Å²) in [5, 5.41) is 5.97. The topological polar surface area (TPSA) is 49.6 Å². The fourth-order valence-corrected chi connectivity index (χ4v) is 2.79. The minimum atomic E-state index is 0.138. The average molecular weight is 340 g/mol. The molecule has 2 aliphatic heterocycles. The number of aliphatic imine (C=N–C) groups is 2. The van der Waals surface area contributed by atoms with Crippen LogP contribution in [0.5, 0.6) is 0 Å². The Morgan fingerprint density at radius 1 is 1.33 bits per heavy atom. The summed E-state index contributed by atoms with van der Waals surface area (Å²) < 4.78 is 0. The maximum atomic E-state index is 4.52. The Morgan fingerprint density at radius 2 is 2.12 bits per heavy atom. The molecule has 1 aromatic heterocycles. The summed E-state index contributed by atoms with van der Waals surface area (Å²) >= 11 is 1.54. The second-order valence-corrected chi connectivity index (χ2v) is 6.20. The summed E-state index contributed by atoms with van der Waals surface area (Å²) in [6.07, 6.45) is 14.1. The molecule has 1 atom stereocenters. The van der Waals surface area contributed by atoms with Crippen molar-refractivity contribution < 1.29 is 0 Å². The van der Waals surface area contributed by atoms with E-state index in [2.05, 4.69) is 46.8 Å². The molecule has 3 heterocycles. The van der Waals surface area contributed by atoms with E-state index in [1.807, 2.05) is 36.9 Å². The van der Waals surface area contributed by atoms with E-state index in [0.29, 0.717) is 0 Å². The van der Waals surface area contributed by atoms with E-state index in [1.165, 1.54) is 12.8 Å². The largest absolute Gasteiger partial charge is 0.315 e. The van der Waals surface area contributed by atoms with Gasteiger partial charge in [0.25, 0.3) is 0 Å². The van der Waals surface area contributed by atoms with Gasteiger partial charge in [-0.1, -0.05) is 51.5 Å². The molecule has 1 aromatic rings. The number of nitrogens with zero attached hydrogens (tertiary/aromatic N) is 3. The zero-order valence-corrected chi connectivity index (χ0v) is 15.3. The first-order valence-corrected chi connectivity index (χ1v) is 9.11. The molecule has 0 saturated carbocycles. The van der Waals surface area contributed by atoms with Gasteiger partial charge in [-0.25, -0.2) is 9.98 Å². The summed E-state index contributed by atoms with van der Waals surface area (Å²) in [6, 6.07) is 0. The first-order chi connectivity index (χ1) is 11.7. The first-order valence-electron chi connectivity index (χ1n) is 8.23. The Bertz CT molecular complexity index is 704. The predicted molar refractivity (Wildman–Crippen MR) is 106 cm³/mol. The molecule has 0 spiro atoms. The number of unbranched alkanes of at least 4 members (excludes halogenated alkanes) is 1. The van der Waals surface area contributed by atoms with Crippen LogP contribution in [0.4, 0.5) is 5.13 Å². The third-order valence-electron chi connectivity index (χ3n) is 3.72. The van der Waals surface area contributed by atoms with Gasteiger partial charge in [-0.2, -0.15) is 0 Å². The molecule has 0 aliphatic carbocycles. The second-order valence-electron chi connectivity index (χ2n) is 5.31. The van der Waals surface area contributed by atoms with Gasteiger partial charge in [-0.15, -0.1) is 11.3 Å². The lowest BCUT2D eigenvalue weighted by Gasteiger charge is -2.18. The highest BCUT2D eigenvalue weighted by atomic mass is 32.1. The summed E-state index contributed by atoms with van der Waals surface area (Å²) in [6.45, 7) is 10.2. The van der Waals surface area contributed by atoms with Crippen molar-refractivity contribution in [2.45, 2.75) is 33.6 Å². The predicted octanol–water partition coefficient (Wildman–Crippen LogP) is 5.37. The fourth-order valence-electron chi connectivity index (χ4n) is 2.26. The Balaban J connectivity index is 0.000000471. The van der Waals surface area contributed by atoms with Gasteiger partial charge in [0, 0.05) is 24.0 Å². The summed E-state index contributed by atoms with van der Waals surface area (Å²) in [5.74, 6) is 0.900. The molecule has 24 heavy (non-hydrogen) atoms. The van der Waals surface area contributed by atoms with Crippen LogP contribution in [0.3, 0.4) is 0 Å². The Hall–Kier alpha value is -2.27. The third kappa shape index (κ3) is 4.17. The Labute approximate surface area is 148 Å². The van der Waals surface area contributed by atoms with Crippen LogP contribution >= 0.6 is 11.3 Å². The number of allylic oxidation sites excluding steroid dienone is 5. The summed E-state index contributed by atoms with van der Waals surface area (Å²) in [4.78, 5) is 13.1. The van der Waals surface area contributed by atoms with Crippen molar-refractivity contribution in [3.63, 3.8) is 0 Å². The lowest BCUT2D eigenvalue weighted by molar-refractivity contribution is 0.886. The highest BCUT2D eigenvalue weighted by Gasteiger charge is 2.29. The Kier molecular flexibility index (Phi) is 6.88. The van der Waals surface area contributed by atoms with Gasteiger partial charge in [0.1, 0.15) is 0 Å². The number of hydrogen-bond acceptors (Lipinski definition) is 5. The highest BCUT2D eigenvalue weighted by Crippen LogP contribution is 2.31. The molecule has 0 amide bonds. The number of anilines is 1. The van der Waals surface area contributed by atoms with Crippen LogP contribution in [0.15, 0.2) is 69.9 Å². The van der Waals surface area contributed by atoms with Crippen molar-refractivity contribution in [1.29, 1.82) is 0 Å². The number of hydrogen-bond donors (Lipinski definition) is 1. The van der Waals surface area contributed by atoms with Gasteiger partial charge in [-0.3, -0.25) is 4.99 Å². The van der Waals surface area contributed by atoms with E-state index in [1.54, 1.807) is 17.5 Å². The normalized spacial score (nSPS) is 18.7. The minimum Gasteiger partial charge on any atom is -0.315 e. The summed E-state index contributed by atoms with van der Waals surface area (Å²) in [7, 11) is 0. The third-order valence-corrected chi connectivity index (χ3v) is 4.41. The van der Waals surface area contributed by atoms with Gasteiger partial charge in [0.2, 0.25) is 0 Å². The SMILES string of the molecule is C=C/C(=C\C)C1=CN=C2C(Nc3nccs3)=NC=CC12.CCCC. The minimum absolute atomic E-state index is 0.138. The van der Waals surface area contributed by atoms with E-state index >= 15 is 0 Å². The molecule has 0 radical (unpaired) electrons. The molecule has 0 saturated heterocycles. The smallest absolute Gasteiger partial charge is 0.188 e. The van der Waals surface area contributed by atoms with Crippen LogP contribution < -0.4 is 5.32 Å². The van der Waals surface area contributed by atoms with Crippen LogP contribution in [0.25, 0.3) is 0 Å². The van der Waals surface area contributed by atoms with Crippen molar-refractivity contribution in [3.8, 4) is 0 Å². The molecule has 5 heteroatoms. The lowest BCUT2D eigenvalue weighted by Crippen LogP contribution is -2.30. The number of amidine groups is 1. The molecule has 0 aromatic carbocycles. The number of nitrogens with one attached hydrogen (secondary N) is 1. The molecule has 2 aliphatic rings. The van der Waals surface area contributed by atoms with Crippen molar-refractivity contribution in [3.05, 3.63) is 59.9 Å². The van der Waals surface area contributed by atoms with Gasteiger partial charge in [0.05, 0.1) is 11.6 Å². The molecule has 1 N–H and O–H groups in total. The van der Waals surface area contributed by atoms with Crippen LogP contribution in [0.2, 0.25) is 0 Å². The molecule has 0 fully saturated rings. The molecular formula is C19H24N4S. The van der Waals surface area contributed by atoms with E-state index in [9.17, 15) is 0 Å². The Morgan fingerprint density at radius 3 is 2.71 bits per heavy atom. The van der Waals surface area contributed by atoms with E-state index in [-0.39, 0.29) is 5.92 Å². The van der Waals surface area contributed by atoms with E-state index in [0.717, 1.165) is 27.8 Å². The number of aromatic nitrogens is 1. The van der Waals surface area contributed by atoms with E-state index in [4.69, 9.17) is 0 Å². The molecular weight excluding hydrogens is 316 g/mol. The monoisotopic (exact) mass is 340 g/mol. The molecule has 1 unspecified atom stereocenters. The van der Waals surface area contributed by atoms with E-state index < -0.39 is 0 Å².